The molecule has 0 aliphatic heterocycles. The number of fused-ring (bicyclic) bond motifs is 6. The predicted octanol–water partition coefficient (Wildman–Crippen LogP) is 5.58. The van der Waals surface area contributed by atoms with Crippen LogP contribution in [0.25, 0.3) is 27.5 Å². The molecule has 35 heavy (non-hydrogen) atoms. The molecule has 3 aromatic heterocycles. The SMILES string of the molecule is CC12CCC(c3c1n[n-]c3-c1nc(CC[N-]C(=O)c3ccccn3)cc3ccccc13)C2(C)C.[Pt+2]. The maximum Gasteiger partial charge on any atom is 2.00 e. The van der Waals surface area contributed by atoms with Gasteiger partial charge in [-0.1, -0.05) is 56.8 Å². The molecule has 0 spiro atoms. The molecule has 0 N–H and O–H groups in total. The van der Waals surface area contributed by atoms with Crippen LogP contribution in [0, 0.1) is 5.41 Å². The summed E-state index contributed by atoms with van der Waals surface area (Å²) in [6.07, 6.45) is 4.51. The Morgan fingerprint density at radius 1 is 1.14 bits per heavy atom. The van der Waals surface area contributed by atoms with Crippen LogP contribution in [0.2, 0.25) is 0 Å². The fourth-order valence-corrected chi connectivity index (χ4v) is 6.07. The molecule has 0 radical (unpaired) electrons. The van der Waals surface area contributed by atoms with Crippen LogP contribution in [-0.2, 0) is 32.9 Å². The Hall–Kier alpha value is -2.85. The van der Waals surface area contributed by atoms with Crippen LogP contribution in [0.15, 0.2) is 54.7 Å². The summed E-state index contributed by atoms with van der Waals surface area (Å²) >= 11 is 0. The summed E-state index contributed by atoms with van der Waals surface area (Å²) in [5, 5.41) is 15.8. The molecular weight excluding hydrogens is 617 g/mol. The number of aromatic nitrogens is 4. The molecule has 0 saturated heterocycles. The van der Waals surface area contributed by atoms with Crippen molar-refractivity contribution in [3.8, 4) is 11.4 Å². The first-order valence-electron chi connectivity index (χ1n) is 12.0. The van der Waals surface area contributed by atoms with Crippen molar-refractivity contribution < 1.29 is 25.9 Å². The van der Waals surface area contributed by atoms with Gasteiger partial charge >= 0.3 is 21.1 Å². The minimum Gasteiger partial charge on any atom is -0.647 e. The third kappa shape index (κ3) is 3.57. The molecule has 3 heterocycles. The van der Waals surface area contributed by atoms with E-state index in [1.807, 2.05) is 12.1 Å². The van der Waals surface area contributed by atoms with E-state index in [0.29, 0.717) is 24.6 Å². The Labute approximate surface area is 219 Å². The van der Waals surface area contributed by atoms with Crippen LogP contribution in [0.1, 0.15) is 67.0 Å². The molecule has 4 aromatic rings. The van der Waals surface area contributed by atoms with Gasteiger partial charge in [0.25, 0.3) is 0 Å². The largest absolute Gasteiger partial charge is 2.00 e. The van der Waals surface area contributed by atoms with Crippen molar-refractivity contribution in [2.45, 2.75) is 51.4 Å². The van der Waals surface area contributed by atoms with Crippen molar-refractivity contribution in [2.24, 2.45) is 5.41 Å². The van der Waals surface area contributed by atoms with Gasteiger partial charge in [0.15, 0.2) is 0 Å². The smallest absolute Gasteiger partial charge is 0.647 e. The zero-order valence-corrected chi connectivity index (χ0v) is 22.3. The summed E-state index contributed by atoms with van der Waals surface area (Å²) in [4.78, 5) is 21.5. The minimum atomic E-state index is -0.298. The molecule has 1 aromatic carbocycles. The predicted molar refractivity (Wildman–Crippen MR) is 132 cm³/mol. The van der Waals surface area contributed by atoms with Crippen molar-refractivity contribution in [3.63, 3.8) is 0 Å². The molecule has 1 saturated carbocycles. The number of carbonyl (C=O) groups is 1. The number of hydrogen-bond donors (Lipinski definition) is 0. The van der Waals surface area contributed by atoms with Gasteiger partial charge < -0.3 is 20.3 Å². The van der Waals surface area contributed by atoms with Gasteiger partial charge in [-0.05, 0) is 59.7 Å². The van der Waals surface area contributed by atoms with E-state index in [2.05, 4.69) is 49.3 Å². The van der Waals surface area contributed by atoms with Gasteiger partial charge in [-0.15, -0.1) is 6.54 Å². The van der Waals surface area contributed by atoms with E-state index in [4.69, 9.17) is 15.2 Å². The van der Waals surface area contributed by atoms with Crippen LogP contribution in [-0.4, -0.2) is 27.5 Å². The topological polar surface area (TPSA) is 83.9 Å². The standard InChI is InChI=1S/C28H28N5O.Pt/c1-27(2)20-11-13-28(27,3)25-22(20)24(32-33-25)23-19-9-5-4-8-17(19)16-18(31-23)12-15-30-26(34)21-10-6-7-14-29-21;/h4-10,14,16,20H,11-13,15H2,1-3H3,(H-,30,31,32,33,34);/q-1;+2/p-1. The van der Waals surface area contributed by atoms with Crippen LogP contribution in [0.3, 0.4) is 0 Å². The molecule has 2 aliphatic carbocycles. The number of hydrogen-bond acceptors (Lipinski definition) is 4. The van der Waals surface area contributed by atoms with Crippen LogP contribution >= 0.6 is 0 Å². The first-order chi connectivity index (χ1) is 16.4. The van der Waals surface area contributed by atoms with Gasteiger partial charge in [0.1, 0.15) is 5.91 Å². The van der Waals surface area contributed by atoms with Crippen LogP contribution in [0.5, 0.6) is 0 Å². The number of carbonyl (C=O) groups excluding carboxylic acids is 1. The summed E-state index contributed by atoms with van der Waals surface area (Å²) in [5.41, 5.74) is 5.78. The molecule has 180 valence electrons. The van der Waals surface area contributed by atoms with Gasteiger partial charge in [0, 0.05) is 28.4 Å². The van der Waals surface area contributed by atoms with E-state index < -0.39 is 0 Å². The molecule has 6 rings (SSSR count). The number of rotatable bonds is 5. The maximum atomic E-state index is 12.3. The Balaban J connectivity index is 0.00000253. The zero-order chi connectivity index (χ0) is 23.5. The summed E-state index contributed by atoms with van der Waals surface area (Å²) < 4.78 is 0. The molecule has 7 heteroatoms. The fourth-order valence-electron chi connectivity index (χ4n) is 6.07. The molecule has 2 bridgehead atoms. The van der Waals surface area contributed by atoms with E-state index in [9.17, 15) is 4.79 Å². The first-order valence-corrected chi connectivity index (χ1v) is 12.0. The summed E-state index contributed by atoms with van der Waals surface area (Å²) in [7, 11) is 0. The second kappa shape index (κ2) is 8.67. The number of benzene rings is 1. The normalized spacial score (nSPS) is 21.5. The van der Waals surface area contributed by atoms with E-state index in [0.717, 1.165) is 40.0 Å². The van der Waals surface area contributed by atoms with Gasteiger partial charge in [-0.25, -0.2) is 0 Å². The van der Waals surface area contributed by atoms with E-state index in [1.165, 1.54) is 12.0 Å². The Morgan fingerprint density at radius 3 is 2.74 bits per heavy atom. The Kier molecular flexibility index (Phi) is 5.91. The molecule has 6 nitrogen and oxygen atoms in total. The molecule has 2 unspecified atom stereocenters. The van der Waals surface area contributed by atoms with Crippen molar-refractivity contribution in [3.05, 3.63) is 82.7 Å². The van der Waals surface area contributed by atoms with Gasteiger partial charge in [-0.3, -0.25) is 9.97 Å². The van der Waals surface area contributed by atoms with Crippen LogP contribution in [0.4, 0.5) is 0 Å². The van der Waals surface area contributed by atoms with Crippen molar-refractivity contribution in [1.29, 1.82) is 0 Å². The number of pyridine rings is 2. The summed E-state index contributed by atoms with van der Waals surface area (Å²) in [6.45, 7) is 7.45. The molecule has 1 fully saturated rings. The molecule has 2 atom stereocenters. The molecular formula is C28H27N5OPt. The van der Waals surface area contributed by atoms with Crippen LogP contribution < -0.4 is 5.10 Å². The van der Waals surface area contributed by atoms with Crippen molar-refractivity contribution in [1.82, 2.24) is 20.2 Å². The molecule has 2 aliphatic rings. The minimum absolute atomic E-state index is 0. The second-order valence-corrected chi connectivity index (χ2v) is 10.3. The average molecular weight is 645 g/mol. The summed E-state index contributed by atoms with van der Waals surface area (Å²) in [6, 6.07) is 15.6. The van der Waals surface area contributed by atoms with Gasteiger partial charge in [-0.2, -0.15) is 0 Å². The van der Waals surface area contributed by atoms with Gasteiger partial charge in [0.05, 0.1) is 11.4 Å². The average Bonchev–Trinajstić information content (AvgIpc) is 3.43. The van der Waals surface area contributed by atoms with Gasteiger partial charge in [0.2, 0.25) is 0 Å². The van der Waals surface area contributed by atoms with Crippen molar-refractivity contribution >= 4 is 16.7 Å². The maximum absolute atomic E-state index is 12.3. The van der Waals surface area contributed by atoms with E-state index >= 15 is 0 Å². The number of amides is 1. The first kappa shape index (κ1) is 23.9. The summed E-state index contributed by atoms with van der Waals surface area (Å²) in [5.74, 6) is 0.153. The van der Waals surface area contributed by atoms with Crippen molar-refractivity contribution in [2.75, 3.05) is 6.54 Å². The van der Waals surface area contributed by atoms with E-state index in [1.54, 1.807) is 24.4 Å². The molecule has 1 amide bonds. The van der Waals surface area contributed by atoms with E-state index in [-0.39, 0.29) is 37.8 Å². The third-order valence-electron chi connectivity index (χ3n) is 8.38. The number of nitrogens with zero attached hydrogens (tertiary/aromatic N) is 5. The Morgan fingerprint density at radius 2 is 1.94 bits per heavy atom. The Bertz CT molecular complexity index is 1410. The monoisotopic (exact) mass is 644 g/mol. The quantitative estimate of drug-likeness (QED) is 0.284. The zero-order valence-electron chi connectivity index (χ0n) is 20.1. The fraction of sp³-hybridized carbons (Fsp3) is 0.357. The third-order valence-corrected chi connectivity index (χ3v) is 8.38. The second-order valence-electron chi connectivity index (χ2n) is 10.3.